The van der Waals surface area contributed by atoms with Gasteiger partial charge in [-0.15, -0.1) is 0 Å². The van der Waals surface area contributed by atoms with Gasteiger partial charge in [-0.05, 0) is 44.4 Å². The summed E-state index contributed by atoms with van der Waals surface area (Å²) in [6.45, 7) is 5.29. The molecule has 1 aromatic carbocycles. The molecule has 0 saturated heterocycles. The normalized spacial score (nSPS) is 11.8. The molecule has 0 bridgehead atoms. The number of hydrogen-bond donors (Lipinski definition) is 2. The Morgan fingerprint density at radius 2 is 1.84 bits per heavy atom. The van der Waals surface area contributed by atoms with E-state index >= 15 is 0 Å². The Bertz CT molecular complexity index is 1130. The van der Waals surface area contributed by atoms with Gasteiger partial charge < -0.3 is 15.0 Å². The minimum absolute atomic E-state index is 0.0953. The number of imidazole rings is 1. The highest BCUT2D eigenvalue weighted by atomic mass is 32.2. The molecule has 9 heteroatoms. The average molecular weight is 446 g/mol. The monoisotopic (exact) mass is 445 g/mol. The maximum Gasteiger partial charge on any atom is 0.232 e. The molecule has 31 heavy (non-hydrogen) atoms. The summed E-state index contributed by atoms with van der Waals surface area (Å²) in [4.78, 5) is 9.13. The lowest BCUT2D eigenvalue weighted by Gasteiger charge is -2.12. The van der Waals surface area contributed by atoms with Crippen molar-refractivity contribution in [3.8, 4) is 0 Å². The maximum absolute atomic E-state index is 12.3. The molecule has 3 aromatic rings. The van der Waals surface area contributed by atoms with Gasteiger partial charge in [0.25, 0.3) is 0 Å². The van der Waals surface area contributed by atoms with Gasteiger partial charge in [0, 0.05) is 31.5 Å². The lowest BCUT2D eigenvalue weighted by Crippen LogP contribution is -2.16. The van der Waals surface area contributed by atoms with E-state index in [2.05, 4.69) is 14.3 Å². The van der Waals surface area contributed by atoms with Gasteiger partial charge in [0.05, 0.1) is 17.9 Å². The zero-order chi connectivity index (χ0) is 22.4. The van der Waals surface area contributed by atoms with Crippen molar-refractivity contribution in [3.05, 3.63) is 47.4 Å². The van der Waals surface area contributed by atoms with Crippen molar-refractivity contribution in [2.75, 3.05) is 29.9 Å². The third kappa shape index (κ3) is 5.74. The van der Waals surface area contributed by atoms with Crippen molar-refractivity contribution in [2.24, 2.45) is 0 Å². The number of fused-ring (bicyclic) bond motifs is 1. The number of sulfonamides is 1. The van der Waals surface area contributed by atoms with Crippen molar-refractivity contribution in [1.29, 1.82) is 0 Å². The number of nitrogen functional groups attached to an aromatic ring is 1. The van der Waals surface area contributed by atoms with Gasteiger partial charge in [0.2, 0.25) is 10.0 Å². The van der Waals surface area contributed by atoms with Gasteiger partial charge >= 0.3 is 0 Å². The first-order valence-electron chi connectivity index (χ1n) is 10.5. The van der Waals surface area contributed by atoms with Crippen molar-refractivity contribution in [2.45, 2.75) is 46.1 Å². The molecule has 0 aliphatic rings. The molecule has 3 rings (SSSR count). The van der Waals surface area contributed by atoms with Crippen molar-refractivity contribution >= 4 is 32.6 Å². The Morgan fingerprint density at radius 3 is 2.55 bits per heavy atom. The Balaban J connectivity index is 1.65. The van der Waals surface area contributed by atoms with E-state index in [-0.39, 0.29) is 5.75 Å². The first-order chi connectivity index (χ1) is 14.8. The zero-order valence-corrected chi connectivity index (χ0v) is 19.2. The minimum Gasteiger partial charge on any atom is -0.384 e. The molecule has 0 spiro atoms. The predicted octanol–water partition coefficient (Wildman–Crippen LogP) is 3.43. The van der Waals surface area contributed by atoms with Crippen LogP contribution in [-0.2, 0) is 27.7 Å². The van der Waals surface area contributed by atoms with Crippen LogP contribution in [0.5, 0.6) is 0 Å². The van der Waals surface area contributed by atoms with Crippen molar-refractivity contribution in [1.82, 2.24) is 14.5 Å². The minimum atomic E-state index is -3.35. The van der Waals surface area contributed by atoms with Gasteiger partial charge in [0.15, 0.2) is 5.82 Å². The number of nitrogens with two attached hydrogens (primary N) is 1. The molecule has 8 nitrogen and oxygen atoms in total. The second kappa shape index (κ2) is 10.1. The van der Waals surface area contributed by atoms with E-state index < -0.39 is 10.0 Å². The molecule has 0 saturated carbocycles. The largest absolute Gasteiger partial charge is 0.384 e. The topological polar surface area (TPSA) is 112 Å². The summed E-state index contributed by atoms with van der Waals surface area (Å²) in [6.07, 6.45) is 2.90. The first kappa shape index (κ1) is 23.0. The van der Waals surface area contributed by atoms with Crippen LogP contribution in [0.4, 0.5) is 11.5 Å². The number of nitrogens with one attached hydrogen (secondary N) is 1. The fourth-order valence-corrected chi connectivity index (χ4v) is 4.83. The summed E-state index contributed by atoms with van der Waals surface area (Å²) in [5, 5.41) is 0. The number of para-hydroxylation sites is 1. The van der Waals surface area contributed by atoms with Crippen LogP contribution in [-0.4, -0.2) is 42.4 Å². The van der Waals surface area contributed by atoms with E-state index in [1.165, 1.54) is 0 Å². The molecule has 0 fully saturated rings. The second-order valence-corrected chi connectivity index (χ2v) is 9.52. The van der Waals surface area contributed by atoms with E-state index in [0.717, 1.165) is 47.5 Å². The SMILES string of the molecule is COCCc1nc2c(N)nc(C)c(C)c2n1CCCCCS(=O)(=O)Nc1ccccc1. The van der Waals surface area contributed by atoms with E-state index in [0.29, 0.717) is 31.0 Å². The number of rotatable bonds is 11. The number of aryl methyl sites for hydroxylation is 3. The molecule has 3 N–H and O–H groups in total. The smallest absolute Gasteiger partial charge is 0.232 e. The van der Waals surface area contributed by atoms with Crippen LogP contribution in [0.2, 0.25) is 0 Å². The Hall–Kier alpha value is -2.65. The van der Waals surface area contributed by atoms with Gasteiger partial charge in [0.1, 0.15) is 11.3 Å². The molecule has 2 heterocycles. The summed E-state index contributed by atoms with van der Waals surface area (Å²) in [6, 6.07) is 8.95. The summed E-state index contributed by atoms with van der Waals surface area (Å²) in [5.74, 6) is 1.45. The third-order valence-electron chi connectivity index (χ3n) is 5.35. The molecule has 0 aliphatic heterocycles. The fraction of sp³-hybridized carbons (Fsp3) is 0.455. The molecule has 0 aliphatic carbocycles. The highest BCUT2D eigenvalue weighted by Crippen LogP contribution is 2.27. The van der Waals surface area contributed by atoms with E-state index in [9.17, 15) is 8.42 Å². The number of hydrogen-bond acceptors (Lipinski definition) is 6. The Morgan fingerprint density at radius 1 is 1.10 bits per heavy atom. The molecular formula is C22H31N5O3S. The quantitative estimate of drug-likeness (QED) is 0.437. The zero-order valence-electron chi connectivity index (χ0n) is 18.4. The molecule has 168 valence electrons. The molecule has 0 radical (unpaired) electrons. The highest BCUT2D eigenvalue weighted by molar-refractivity contribution is 7.92. The third-order valence-corrected chi connectivity index (χ3v) is 6.72. The number of aromatic nitrogens is 3. The number of benzene rings is 1. The van der Waals surface area contributed by atoms with E-state index in [1.54, 1.807) is 31.4 Å². The van der Waals surface area contributed by atoms with E-state index in [1.807, 2.05) is 19.9 Å². The summed E-state index contributed by atoms with van der Waals surface area (Å²) < 4.78 is 34.6. The van der Waals surface area contributed by atoms with Crippen molar-refractivity contribution in [3.63, 3.8) is 0 Å². The summed E-state index contributed by atoms with van der Waals surface area (Å²) in [7, 11) is -1.68. The molecule has 0 atom stereocenters. The average Bonchev–Trinajstić information content (AvgIpc) is 3.09. The number of pyridine rings is 1. The van der Waals surface area contributed by atoms with Gasteiger partial charge in [-0.2, -0.15) is 0 Å². The lowest BCUT2D eigenvalue weighted by molar-refractivity contribution is 0.199. The molecule has 0 unspecified atom stereocenters. The van der Waals surface area contributed by atoms with Crippen LogP contribution < -0.4 is 10.5 Å². The predicted molar refractivity (Wildman–Crippen MR) is 125 cm³/mol. The summed E-state index contributed by atoms with van der Waals surface area (Å²) in [5.41, 5.74) is 10.4. The van der Waals surface area contributed by atoms with Crippen molar-refractivity contribution < 1.29 is 13.2 Å². The Labute approximate surface area is 183 Å². The molecule has 2 aromatic heterocycles. The number of unbranched alkanes of at least 4 members (excludes halogenated alkanes) is 2. The number of methoxy groups -OCH3 is 1. The van der Waals surface area contributed by atoms with Gasteiger partial charge in [-0.1, -0.05) is 24.6 Å². The number of anilines is 2. The van der Waals surface area contributed by atoms with Gasteiger partial charge in [-0.3, -0.25) is 4.72 Å². The standard InChI is InChI=1S/C22H31N5O3S/c1-16-17(2)24-22(23)20-21(16)27(19(25-20)12-14-30-3)13-8-5-9-15-31(28,29)26-18-10-6-4-7-11-18/h4,6-7,10-11,26H,5,8-9,12-15H2,1-3H3,(H2,23,24). The fourth-order valence-electron chi connectivity index (χ4n) is 3.65. The number of nitrogens with zero attached hydrogens (tertiary/aromatic N) is 3. The van der Waals surface area contributed by atoms with Crippen LogP contribution >= 0.6 is 0 Å². The lowest BCUT2D eigenvalue weighted by atomic mass is 10.2. The van der Waals surface area contributed by atoms with Crippen LogP contribution in [0, 0.1) is 13.8 Å². The molecule has 0 amide bonds. The maximum atomic E-state index is 12.3. The second-order valence-electron chi connectivity index (χ2n) is 7.67. The first-order valence-corrected chi connectivity index (χ1v) is 12.1. The van der Waals surface area contributed by atoms with E-state index in [4.69, 9.17) is 15.5 Å². The summed E-state index contributed by atoms with van der Waals surface area (Å²) >= 11 is 0. The highest BCUT2D eigenvalue weighted by Gasteiger charge is 2.17. The van der Waals surface area contributed by atoms with Crippen LogP contribution in [0.15, 0.2) is 30.3 Å². The van der Waals surface area contributed by atoms with Crippen LogP contribution in [0.25, 0.3) is 11.0 Å². The molecular weight excluding hydrogens is 414 g/mol. The van der Waals surface area contributed by atoms with Gasteiger partial charge in [-0.25, -0.2) is 18.4 Å². The van der Waals surface area contributed by atoms with Crippen LogP contribution in [0.3, 0.4) is 0 Å². The number of ether oxygens (including phenoxy) is 1. The van der Waals surface area contributed by atoms with Crippen LogP contribution in [0.1, 0.15) is 36.3 Å². The Kier molecular flexibility index (Phi) is 7.50.